The zero-order valence-electron chi connectivity index (χ0n) is 8.24. The predicted molar refractivity (Wildman–Crippen MR) is 63.1 cm³/mol. The van der Waals surface area contributed by atoms with Crippen LogP contribution in [0, 0.1) is 5.92 Å². The Hall–Kier alpha value is -0.390. The number of alkyl halides is 2. The first kappa shape index (κ1) is 10.7. The van der Waals surface area contributed by atoms with E-state index in [0.29, 0.717) is 17.5 Å². The Morgan fingerprint density at radius 2 is 2.12 bits per heavy atom. The highest BCUT2D eigenvalue weighted by Gasteiger charge is 2.56. The Balaban J connectivity index is 1.63. The van der Waals surface area contributed by atoms with Gasteiger partial charge in [0.1, 0.15) is 9.34 Å². The fraction of sp³-hybridized carbons (Fsp3) is 0.667. The third-order valence-electron chi connectivity index (χ3n) is 2.74. The number of hydrogen-bond acceptors (Lipinski definition) is 4. The van der Waals surface area contributed by atoms with E-state index in [9.17, 15) is 4.79 Å². The van der Waals surface area contributed by atoms with Gasteiger partial charge in [0.05, 0.1) is 5.92 Å². The van der Waals surface area contributed by atoms with Crippen molar-refractivity contribution in [2.45, 2.75) is 29.5 Å². The van der Waals surface area contributed by atoms with Gasteiger partial charge in [0.15, 0.2) is 0 Å². The molecular formula is C9H9Cl2N3OS. The van der Waals surface area contributed by atoms with Crippen LogP contribution in [0.4, 0.5) is 5.13 Å². The molecule has 1 atom stereocenters. The van der Waals surface area contributed by atoms with Crippen LogP contribution in [-0.2, 0) is 4.79 Å². The van der Waals surface area contributed by atoms with Gasteiger partial charge in [-0.05, 0) is 19.3 Å². The van der Waals surface area contributed by atoms with Crippen LogP contribution in [0.25, 0.3) is 0 Å². The lowest BCUT2D eigenvalue weighted by Crippen LogP contribution is -2.16. The van der Waals surface area contributed by atoms with Crippen molar-refractivity contribution in [1.82, 2.24) is 10.2 Å². The highest BCUT2D eigenvalue weighted by atomic mass is 35.5. The number of nitrogens with zero attached hydrogens (tertiary/aromatic N) is 2. The van der Waals surface area contributed by atoms with Crippen LogP contribution in [0.15, 0.2) is 0 Å². The van der Waals surface area contributed by atoms with Gasteiger partial charge in [-0.1, -0.05) is 11.3 Å². The molecule has 7 heteroatoms. The van der Waals surface area contributed by atoms with Gasteiger partial charge in [0.25, 0.3) is 0 Å². The Morgan fingerprint density at radius 1 is 1.44 bits per heavy atom. The quantitative estimate of drug-likeness (QED) is 0.864. The third kappa shape index (κ3) is 2.04. The lowest BCUT2D eigenvalue weighted by atomic mass is 10.4. The number of nitrogens with one attached hydrogen (secondary N) is 1. The summed E-state index contributed by atoms with van der Waals surface area (Å²) in [5, 5.41) is 12.2. The maximum Gasteiger partial charge on any atom is 0.232 e. The number of amides is 1. The normalized spacial score (nSPS) is 26.5. The van der Waals surface area contributed by atoms with Gasteiger partial charge >= 0.3 is 0 Å². The van der Waals surface area contributed by atoms with E-state index < -0.39 is 4.33 Å². The van der Waals surface area contributed by atoms with Crippen LogP contribution in [0.5, 0.6) is 0 Å². The first-order chi connectivity index (χ1) is 7.56. The summed E-state index contributed by atoms with van der Waals surface area (Å²) < 4.78 is -0.881. The average molecular weight is 278 g/mol. The van der Waals surface area contributed by atoms with Crippen molar-refractivity contribution >= 4 is 45.6 Å². The number of carbonyl (C=O) groups excluding carboxylic acids is 1. The molecule has 0 bridgehead atoms. The summed E-state index contributed by atoms with van der Waals surface area (Å²) in [5.41, 5.74) is 0. The number of halogens is 2. The zero-order chi connectivity index (χ0) is 11.3. The molecule has 1 aromatic heterocycles. The van der Waals surface area contributed by atoms with Gasteiger partial charge < -0.3 is 5.32 Å². The van der Waals surface area contributed by atoms with E-state index in [-0.39, 0.29) is 11.8 Å². The van der Waals surface area contributed by atoms with Crippen molar-refractivity contribution < 1.29 is 4.79 Å². The van der Waals surface area contributed by atoms with Gasteiger partial charge in [-0.25, -0.2) is 0 Å². The molecule has 0 saturated heterocycles. The number of carbonyl (C=O) groups is 1. The lowest BCUT2D eigenvalue weighted by molar-refractivity contribution is -0.117. The molecular weight excluding hydrogens is 269 g/mol. The highest BCUT2D eigenvalue weighted by molar-refractivity contribution is 7.15. The summed E-state index contributed by atoms with van der Waals surface area (Å²) >= 11 is 13.0. The van der Waals surface area contributed by atoms with Crippen molar-refractivity contribution in [3.05, 3.63) is 5.01 Å². The number of hydrogen-bond donors (Lipinski definition) is 1. The van der Waals surface area contributed by atoms with E-state index in [1.54, 1.807) is 0 Å². The molecule has 0 aliphatic heterocycles. The summed E-state index contributed by atoms with van der Waals surface area (Å²) in [7, 11) is 0. The van der Waals surface area contributed by atoms with Gasteiger partial charge in [-0.3, -0.25) is 4.79 Å². The van der Waals surface area contributed by atoms with Crippen molar-refractivity contribution in [2.75, 3.05) is 5.32 Å². The van der Waals surface area contributed by atoms with E-state index in [1.165, 1.54) is 24.2 Å². The smallest absolute Gasteiger partial charge is 0.232 e. The van der Waals surface area contributed by atoms with Gasteiger partial charge in [0.2, 0.25) is 11.0 Å². The minimum Gasteiger partial charge on any atom is -0.300 e. The van der Waals surface area contributed by atoms with E-state index in [4.69, 9.17) is 23.2 Å². The molecule has 1 N–H and O–H groups in total. The third-order valence-corrected chi connectivity index (χ3v) is 4.58. The monoisotopic (exact) mass is 277 g/mol. The highest BCUT2D eigenvalue weighted by Crippen LogP contribution is 2.53. The Labute approximate surface area is 106 Å². The second-order valence-electron chi connectivity index (χ2n) is 4.23. The van der Waals surface area contributed by atoms with E-state index >= 15 is 0 Å². The fourth-order valence-electron chi connectivity index (χ4n) is 1.47. The second-order valence-corrected chi connectivity index (χ2v) is 6.78. The molecule has 1 aromatic rings. The van der Waals surface area contributed by atoms with Gasteiger partial charge in [-0.2, -0.15) is 0 Å². The van der Waals surface area contributed by atoms with Crippen LogP contribution < -0.4 is 5.32 Å². The molecule has 1 amide bonds. The summed E-state index contributed by atoms with van der Waals surface area (Å²) in [6.07, 6.45) is 2.87. The summed E-state index contributed by atoms with van der Waals surface area (Å²) in [4.78, 5) is 11.6. The minimum atomic E-state index is -0.881. The molecule has 0 radical (unpaired) electrons. The zero-order valence-corrected chi connectivity index (χ0v) is 10.6. The second kappa shape index (κ2) is 3.55. The summed E-state index contributed by atoms with van der Waals surface area (Å²) in [6, 6.07) is 0. The SMILES string of the molecule is O=C(Nc1nnc(C2CC2)s1)[C@@H]1CC1(Cl)Cl. The lowest BCUT2D eigenvalue weighted by Gasteiger charge is -1.99. The number of rotatable bonds is 3. The molecule has 0 unspecified atom stereocenters. The maximum atomic E-state index is 11.6. The van der Waals surface area contributed by atoms with Crippen LogP contribution in [0.3, 0.4) is 0 Å². The largest absolute Gasteiger partial charge is 0.300 e. The van der Waals surface area contributed by atoms with Crippen molar-refractivity contribution in [2.24, 2.45) is 5.92 Å². The molecule has 2 aliphatic rings. The van der Waals surface area contributed by atoms with E-state index in [0.717, 1.165) is 5.01 Å². The molecule has 4 nitrogen and oxygen atoms in total. The molecule has 2 aliphatic carbocycles. The average Bonchev–Trinajstić information content (AvgIpc) is 3.10. The van der Waals surface area contributed by atoms with E-state index in [2.05, 4.69) is 15.5 Å². The first-order valence-electron chi connectivity index (χ1n) is 5.08. The van der Waals surface area contributed by atoms with Crippen LogP contribution in [0.2, 0.25) is 0 Å². The molecule has 1 heterocycles. The van der Waals surface area contributed by atoms with Gasteiger partial charge in [-0.15, -0.1) is 33.4 Å². The first-order valence-corrected chi connectivity index (χ1v) is 6.65. The Morgan fingerprint density at radius 3 is 2.69 bits per heavy atom. The molecule has 0 spiro atoms. The summed E-state index contributed by atoms with van der Waals surface area (Å²) in [6.45, 7) is 0. The maximum absolute atomic E-state index is 11.6. The molecule has 0 aromatic carbocycles. The van der Waals surface area contributed by atoms with Crippen molar-refractivity contribution in [3.8, 4) is 0 Å². The molecule has 86 valence electrons. The fourth-order valence-corrected chi connectivity index (χ4v) is 2.89. The minimum absolute atomic E-state index is 0.163. The topological polar surface area (TPSA) is 54.9 Å². The van der Waals surface area contributed by atoms with Gasteiger partial charge in [0, 0.05) is 5.92 Å². The van der Waals surface area contributed by atoms with Crippen LogP contribution >= 0.6 is 34.5 Å². The number of anilines is 1. The Kier molecular flexibility index (Phi) is 2.38. The van der Waals surface area contributed by atoms with E-state index in [1.807, 2.05) is 0 Å². The molecule has 2 saturated carbocycles. The molecule has 3 rings (SSSR count). The Bertz CT molecular complexity index is 444. The van der Waals surface area contributed by atoms with Crippen LogP contribution in [0.1, 0.15) is 30.2 Å². The molecule has 2 fully saturated rings. The number of aromatic nitrogens is 2. The standard InChI is InChI=1S/C9H9Cl2N3OS/c10-9(11)3-5(9)6(15)12-8-14-13-7(16-8)4-1-2-4/h4-5H,1-3H2,(H,12,14,15)/t5-/m0/s1. The van der Waals surface area contributed by atoms with Crippen LogP contribution in [-0.4, -0.2) is 20.4 Å². The van der Waals surface area contributed by atoms with Crippen molar-refractivity contribution in [3.63, 3.8) is 0 Å². The van der Waals surface area contributed by atoms with Crippen molar-refractivity contribution in [1.29, 1.82) is 0 Å². The summed E-state index contributed by atoms with van der Waals surface area (Å²) in [5.74, 6) is 0.0804. The molecule has 16 heavy (non-hydrogen) atoms. The predicted octanol–water partition coefficient (Wildman–Crippen LogP) is 2.55.